The maximum atomic E-state index is 11.8. The molecule has 4 rings (SSSR count). The predicted molar refractivity (Wildman–Crippen MR) is 119 cm³/mol. The van der Waals surface area contributed by atoms with Gasteiger partial charge in [-0.25, -0.2) is 20.4 Å². The SMILES string of the molecule is CONC(=O)C(O)[C@H]1O[C@@H](n2cnc3c(NCc4cccc(I)c4)ncnc32)[C@H](O)[C@@H]1O. The normalized spacial score (nSPS) is 23.9. The average Bonchev–Trinajstić information content (AvgIpc) is 3.33. The van der Waals surface area contributed by atoms with Gasteiger partial charge < -0.3 is 25.4 Å². The lowest BCUT2D eigenvalue weighted by Gasteiger charge is -2.19. The molecule has 13 heteroatoms. The van der Waals surface area contributed by atoms with Crippen LogP contribution in [0.25, 0.3) is 11.2 Å². The van der Waals surface area contributed by atoms with Gasteiger partial charge in [0.2, 0.25) is 0 Å². The fourth-order valence-corrected chi connectivity index (χ4v) is 4.09. The van der Waals surface area contributed by atoms with Gasteiger partial charge in [0, 0.05) is 10.1 Å². The first kappa shape index (κ1) is 22.8. The summed E-state index contributed by atoms with van der Waals surface area (Å²) in [5.74, 6) is -0.430. The van der Waals surface area contributed by atoms with Crippen molar-refractivity contribution in [2.75, 3.05) is 12.4 Å². The highest BCUT2D eigenvalue weighted by Gasteiger charge is 2.49. The van der Waals surface area contributed by atoms with E-state index in [-0.39, 0.29) is 0 Å². The summed E-state index contributed by atoms with van der Waals surface area (Å²) in [6, 6.07) is 7.99. The molecule has 1 aliphatic heterocycles. The molecule has 0 saturated carbocycles. The summed E-state index contributed by atoms with van der Waals surface area (Å²) < 4.78 is 8.16. The maximum Gasteiger partial charge on any atom is 0.275 e. The molecular weight excluding hydrogens is 535 g/mol. The maximum absolute atomic E-state index is 11.8. The minimum atomic E-state index is -1.76. The molecule has 32 heavy (non-hydrogen) atoms. The van der Waals surface area contributed by atoms with E-state index >= 15 is 0 Å². The number of rotatable bonds is 7. The molecule has 1 saturated heterocycles. The molecule has 0 spiro atoms. The van der Waals surface area contributed by atoms with Crippen molar-refractivity contribution in [3.63, 3.8) is 0 Å². The van der Waals surface area contributed by atoms with E-state index in [9.17, 15) is 20.1 Å². The molecule has 3 aromatic rings. The van der Waals surface area contributed by atoms with E-state index in [0.29, 0.717) is 23.5 Å². The number of hydrogen-bond acceptors (Lipinski definition) is 10. The van der Waals surface area contributed by atoms with Crippen molar-refractivity contribution >= 4 is 45.5 Å². The van der Waals surface area contributed by atoms with Gasteiger partial charge in [0.15, 0.2) is 29.3 Å². The third kappa shape index (κ3) is 4.39. The Bertz CT molecular complexity index is 1110. The third-order valence-corrected chi connectivity index (χ3v) is 5.71. The molecule has 3 heterocycles. The molecule has 1 unspecified atom stereocenters. The smallest absolute Gasteiger partial charge is 0.275 e. The van der Waals surface area contributed by atoms with Gasteiger partial charge >= 0.3 is 0 Å². The van der Waals surface area contributed by atoms with Crippen LogP contribution in [0.4, 0.5) is 5.82 Å². The number of halogens is 1. The number of nitrogens with one attached hydrogen (secondary N) is 2. The van der Waals surface area contributed by atoms with Crippen LogP contribution in [0.1, 0.15) is 11.8 Å². The number of imidazole rings is 1. The number of aliphatic hydroxyl groups is 3. The van der Waals surface area contributed by atoms with Crippen molar-refractivity contribution < 1.29 is 29.7 Å². The van der Waals surface area contributed by atoms with E-state index in [4.69, 9.17) is 4.74 Å². The lowest BCUT2D eigenvalue weighted by molar-refractivity contribution is -0.153. The van der Waals surface area contributed by atoms with Crippen LogP contribution >= 0.6 is 22.6 Å². The first-order valence-electron chi connectivity index (χ1n) is 9.59. The van der Waals surface area contributed by atoms with Crippen LogP contribution in [0.3, 0.4) is 0 Å². The first-order chi connectivity index (χ1) is 15.4. The zero-order valence-corrected chi connectivity index (χ0v) is 18.9. The number of benzene rings is 1. The molecule has 170 valence electrons. The fourth-order valence-electron chi connectivity index (χ4n) is 3.49. The van der Waals surface area contributed by atoms with E-state index in [0.717, 1.165) is 9.13 Å². The van der Waals surface area contributed by atoms with Crippen LogP contribution in [-0.2, 0) is 20.9 Å². The Kier molecular flexibility index (Phi) is 6.82. The molecule has 1 amide bonds. The molecule has 2 aromatic heterocycles. The van der Waals surface area contributed by atoms with Crippen LogP contribution in [-0.4, -0.2) is 72.3 Å². The van der Waals surface area contributed by atoms with Gasteiger partial charge in [-0.3, -0.25) is 14.2 Å². The Hall–Kier alpha value is -2.43. The topological polar surface area (TPSA) is 164 Å². The number of carbonyl (C=O) groups excluding carboxylic acids is 1. The minimum absolute atomic E-state index is 0.345. The molecule has 1 fully saturated rings. The molecule has 5 N–H and O–H groups in total. The van der Waals surface area contributed by atoms with Crippen molar-refractivity contribution in [2.24, 2.45) is 0 Å². The largest absolute Gasteiger partial charge is 0.387 e. The van der Waals surface area contributed by atoms with E-state index < -0.39 is 36.6 Å². The summed E-state index contributed by atoms with van der Waals surface area (Å²) in [5, 5.41) is 34.2. The lowest BCUT2D eigenvalue weighted by atomic mass is 10.1. The number of hydrogen-bond donors (Lipinski definition) is 5. The first-order valence-corrected chi connectivity index (χ1v) is 10.7. The van der Waals surface area contributed by atoms with Crippen LogP contribution in [0, 0.1) is 3.57 Å². The molecule has 5 atom stereocenters. The van der Waals surface area contributed by atoms with E-state index in [1.807, 2.05) is 29.7 Å². The molecule has 12 nitrogen and oxygen atoms in total. The molecule has 0 radical (unpaired) electrons. The van der Waals surface area contributed by atoms with Crippen LogP contribution in [0.2, 0.25) is 0 Å². The van der Waals surface area contributed by atoms with Gasteiger partial charge in [-0.05, 0) is 40.3 Å². The zero-order chi connectivity index (χ0) is 22.8. The average molecular weight is 556 g/mol. The number of aromatic nitrogens is 4. The van der Waals surface area contributed by atoms with Gasteiger partial charge in [-0.1, -0.05) is 12.1 Å². The second-order valence-corrected chi connectivity index (χ2v) is 8.36. The molecule has 1 aliphatic rings. The summed E-state index contributed by atoms with van der Waals surface area (Å²) in [6.07, 6.45) is -4.53. The second-order valence-electron chi connectivity index (χ2n) is 7.12. The number of nitrogens with zero attached hydrogens (tertiary/aromatic N) is 4. The molecule has 0 aliphatic carbocycles. The van der Waals surface area contributed by atoms with Gasteiger partial charge in [0.1, 0.15) is 24.6 Å². The Morgan fingerprint density at radius 2 is 2.12 bits per heavy atom. The third-order valence-electron chi connectivity index (χ3n) is 5.04. The highest BCUT2D eigenvalue weighted by Crippen LogP contribution is 2.33. The molecule has 1 aromatic carbocycles. The monoisotopic (exact) mass is 556 g/mol. The number of ether oxygens (including phenoxy) is 1. The summed E-state index contributed by atoms with van der Waals surface area (Å²) in [7, 11) is 1.20. The summed E-state index contributed by atoms with van der Waals surface area (Å²) in [5.41, 5.74) is 3.81. The van der Waals surface area contributed by atoms with Gasteiger partial charge in [0.25, 0.3) is 5.91 Å². The van der Waals surface area contributed by atoms with Crippen molar-refractivity contribution in [3.8, 4) is 0 Å². The van der Waals surface area contributed by atoms with Gasteiger partial charge in [0.05, 0.1) is 13.4 Å². The summed E-state index contributed by atoms with van der Waals surface area (Å²) in [4.78, 5) is 29.1. The van der Waals surface area contributed by atoms with E-state index in [1.165, 1.54) is 24.3 Å². The predicted octanol–water partition coefficient (Wildman–Crippen LogP) is -0.299. The number of anilines is 1. The zero-order valence-electron chi connectivity index (χ0n) is 16.8. The van der Waals surface area contributed by atoms with E-state index in [1.54, 1.807) is 0 Å². The number of aliphatic hydroxyl groups excluding tert-OH is 3. The van der Waals surface area contributed by atoms with Crippen molar-refractivity contribution in [1.82, 2.24) is 25.0 Å². The lowest BCUT2D eigenvalue weighted by Crippen LogP contribution is -2.47. The Balaban J connectivity index is 1.56. The Labute approximate surface area is 195 Å². The Morgan fingerprint density at radius 1 is 1.31 bits per heavy atom. The van der Waals surface area contributed by atoms with Gasteiger partial charge in [-0.2, -0.15) is 0 Å². The number of fused-ring (bicyclic) bond motifs is 1. The summed E-state index contributed by atoms with van der Waals surface area (Å²) >= 11 is 2.24. The highest BCUT2D eigenvalue weighted by atomic mass is 127. The van der Waals surface area contributed by atoms with Crippen LogP contribution in [0.5, 0.6) is 0 Å². The van der Waals surface area contributed by atoms with E-state index in [2.05, 4.69) is 47.7 Å². The quantitative estimate of drug-likeness (QED) is 0.193. The summed E-state index contributed by atoms with van der Waals surface area (Å²) in [6.45, 7) is 0.514. The molecular formula is C19H21IN6O6. The second kappa shape index (κ2) is 9.60. The van der Waals surface area contributed by atoms with Crippen LogP contribution < -0.4 is 10.8 Å². The molecule has 0 bridgehead atoms. The fraction of sp³-hybridized carbons (Fsp3) is 0.368. The standard InChI is InChI=1S/C19H21IN6O6/c1-31-25-18(30)14(29)15-12(27)13(28)19(32-15)26-8-24-11-16(22-7-23-17(11)26)21-6-9-3-2-4-10(20)5-9/h2-5,7-8,12-15,19,27-29H,6H2,1H3,(H,25,30)(H,21,22,23)/t12-,13+,14?,15-,19+/m0/s1. The van der Waals surface area contributed by atoms with Crippen molar-refractivity contribution in [3.05, 3.63) is 46.1 Å². The highest BCUT2D eigenvalue weighted by molar-refractivity contribution is 14.1. The van der Waals surface area contributed by atoms with Crippen molar-refractivity contribution in [2.45, 2.75) is 37.2 Å². The van der Waals surface area contributed by atoms with Gasteiger partial charge in [-0.15, -0.1) is 0 Å². The Morgan fingerprint density at radius 3 is 2.88 bits per heavy atom. The number of carbonyl (C=O) groups is 1. The number of hydroxylamine groups is 1. The number of amides is 1. The van der Waals surface area contributed by atoms with Crippen LogP contribution in [0.15, 0.2) is 36.9 Å². The van der Waals surface area contributed by atoms with Crippen molar-refractivity contribution in [1.29, 1.82) is 0 Å². The minimum Gasteiger partial charge on any atom is -0.387 e.